The Bertz CT molecular complexity index is 752. The quantitative estimate of drug-likeness (QED) is 0.787. The molecule has 2 amide bonds. The summed E-state index contributed by atoms with van der Waals surface area (Å²) in [5.41, 5.74) is 8.03. The van der Waals surface area contributed by atoms with Crippen LogP contribution in [0, 0.1) is 20.8 Å². The normalized spacial score (nSPS) is 10.2. The number of hydrogen-bond acceptors (Lipinski definition) is 3. The van der Waals surface area contributed by atoms with Crippen LogP contribution in [-0.4, -0.2) is 18.4 Å². The highest BCUT2D eigenvalue weighted by atomic mass is 79.9. The van der Waals surface area contributed by atoms with E-state index < -0.39 is 5.91 Å². The molecule has 0 aromatic heterocycles. The molecular weight excluding hydrogens is 372 g/mol. The fraction of sp³-hybridized carbons (Fsp3) is 0.222. The minimum absolute atomic E-state index is 0.183. The summed E-state index contributed by atoms with van der Waals surface area (Å²) in [7, 11) is 0. The van der Waals surface area contributed by atoms with Gasteiger partial charge >= 0.3 is 0 Å². The van der Waals surface area contributed by atoms with Gasteiger partial charge in [-0.2, -0.15) is 0 Å². The predicted octanol–water partition coefficient (Wildman–Crippen LogP) is 3.21. The smallest absolute Gasteiger partial charge is 0.276 e. The number of ether oxygens (including phenoxy) is 1. The summed E-state index contributed by atoms with van der Waals surface area (Å²) in [6, 6.07) is 10.9. The van der Waals surface area contributed by atoms with E-state index in [0.29, 0.717) is 11.3 Å². The molecule has 0 aliphatic carbocycles. The minimum atomic E-state index is -0.433. The second-order valence-electron chi connectivity index (χ2n) is 5.53. The Kier molecular flexibility index (Phi) is 5.98. The molecule has 0 unspecified atom stereocenters. The number of halogens is 1. The van der Waals surface area contributed by atoms with Crippen LogP contribution in [0.4, 0.5) is 0 Å². The van der Waals surface area contributed by atoms with Gasteiger partial charge in [-0.1, -0.05) is 33.6 Å². The number of nitrogens with one attached hydrogen (secondary N) is 2. The van der Waals surface area contributed by atoms with Gasteiger partial charge in [0.25, 0.3) is 11.8 Å². The molecule has 2 rings (SSSR count). The van der Waals surface area contributed by atoms with Crippen LogP contribution >= 0.6 is 15.9 Å². The highest BCUT2D eigenvalue weighted by Gasteiger charge is 2.10. The molecule has 0 aliphatic heterocycles. The van der Waals surface area contributed by atoms with E-state index in [2.05, 4.69) is 26.8 Å². The first-order valence-corrected chi connectivity index (χ1v) is 8.21. The van der Waals surface area contributed by atoms with E-state index in [1.165, 1.54) is 0 Å². The first-order chi connectivity index (χ1) is 11.4. The molecule has 0 spiro atoms. The fourth-order valence-electron chi connectivity index (χ4n) is 2.28. The maximum Gasteiger partial charge on any atom is 0.276 e. The Morgan fingerprint density at radius 2 is 1.71 bits per heavy atom. The van der Waals surface area contributed by atoms with Gasteiger partial charge in [-0.25, -0.2) is 0 Å². The first-order valence-electron chi connectivity index (χ1n) is 7.42. The molecule has 0 fully saturated rings. The third kappa shape index (κ3) is 4.83. The monoisotopic (exact) mass is 390 g/mol. The van der Waals surface area contributed by atoms with Crippen molar-refractivity contribution in [2.45, 2.75) is 20.8 Å². The molecule has 2 aromatic carbocycles. The Hall–Kier alpha value is -2.34. The lowest BCUT2D eigenvalue weighted by atomic mass is 10.1. The topological polar surface area (TPSA) is 67.4 Å². The van der Waals surface area contributed by atoms with Crippen molar-refractivity contribution in [2.24, 2.45) is 0 Å². The van der Waals surface area contributed by atoms with Gasteiger partial charge in [0, 0.05) is 10.0 Å². The predicted molar refractivity (Wildman–Crippen MR) is 95.9 cm³/mol. The Morgan fingerprint density at radius 1 is 1.04 bits per heavy atom. The van der Waals surface area contributed by atoms with Crippen LogP contribution in [0.2, 0.25) is 0 Å². The van der Waals surface area contributed by atoms with Crippen molar-refractivity contribution >= 4 is 27.7 Å². The number of carbonyl (C=O) groups is 2. The van der Waals surface area contributed by atoms with Crippen molar-refractivity contribution in [3.05, 3.63) is 63.1 Å². The number of amides is 2. The van der Waals surface area contributed by atoms with Gasteiger partial charge in [-0.05, 0) is 56.2 Å². The molecule has 24 heavy (non-hydrogen) atoms. The molecule has 0 aliphatic rings. The van der Waals surface area contributed by atoms with Crippen LogP contribution in [-0.2, 0) is 4.79 Å². The van der Waals surface area contributed by atoms with Gasteiger partial charge in [-0.15, -0.1) is 0 Å². The van der Waals surface area contributed by atoms with Crippen LogP contribution < -0.4 is 15.6 Å². The number of benzene rings is 2. The zero-order valence-electron chi connectivity index (χ0n) is 13.8. The van der Waals surface area contributed by atoms with Crippen LogP contribution in [0.25, 0.3) is 0 Å². The summed E-state index contributed by atoms with van der Waals surface area (Å²) >= 11 is 3.41. The number of hydrazine groups is 1. The molecule has 0 radical (unpaired) electrons. The van der Waals surface area contributed by atoms with Gasteiger partial charge < -0.3 is 4.74 Å². The number of aryl methyl sites for hydroxylation is 3. The SMILES string of the molecule is Cc1cccc(C(=O)NNC(=O)COc2c(C)cc(Br)cc2C)c1. The van der Waals surface area contributed by atoms with Gasteiger partial charge in [-0.3, -0.25) is 20.4 Å². The summed E-state index contributed by atoms with van der Waals surface area (Å²) in [6.45, 7) is 5.53. The molecule has 5 nitrogen and oxygen atoms in total. The molecule has 6 heteroatoms. The standard InChI is InChI=1S/C18H19BrN2O3/c1-11-5-4-6-14(7-11)18(23)21-20-16(22)10-24-17-12(2)8-15(19)9-13(17)3/h4-9H,10H2,1-3H3,(H,20,22)(H,21,23). The van der Waals surface area contributed by atoms with E-state index in [1.54, 1.807) is 18.2 Å². The summed E-state index contributed by atoms with van der Waals surface area (Å²) in [4.78, 5) is 23.8. The highest BCUT2D eigenvalue weighted by molar-refractivity contribution is 9.10. The van der Waals surface area contributed by atoms with E-state index in [9.17, 15) is 9.59 Å². The van der Waals surface area contributed by atoms with Crippen molar-refractivity contribution in [3.63, 3.8) is 0 Å². The molecule has 126 valence electrons. The van der Waals surface area contributed by atoms with Crippen molar-refractivity contribution in [2.75, 3.05) is 6.61 Å². The second kappa shape index (κ2) is 7.97. The molecule has 0 saturated carbocycles. The van der Waals surface area contributed by atoms with Gasteiger partial charge in [0.1, 0.15) is 5.75 Å². The lowest BCUT2D eigenvalue weighted by molar-refractivity contribution is -0.123. The van der Waals surface area contributed by atoms with Crippen molar-refractivity contribution in [1.29, 1.82) is 0 Å². The molecule has 0 atom stereocenters. The third-order valence-corrected chi connectivity index (χ3v) is 3.83. The second-order valence-corrected chi connectivity index (χ2v) is 6.44. The minimum Gasteiger partial charge on any atom is -0.483 e. The number of rotatable bonds is 4. The van der Waals surface area contributed by atoms with Gasteiger partial charge in [0.15, 0.2) is 6.61 Å². The first kappa shape index (κ1) is 18.0. The molecule has 2 N–H and O–H groups in total. The van der Waals surface area contributed by atoms with Gasteiger partial charge in [0.2, 0.25) is 0 Å². The maximum absolute atomic E-state index is 11.9. The van der Waals surface area contributed by atoms with Crippen molar-refractivity contribution < 1.29 is 14.3 Å². The summed E-state index contributed by atoms with van der Waals surface area (Å²) < 4.78 is 6.52. The Labute approximate surface area is 149 Å². The highest BCUT2D eigenvalue weighted by Crippen LogP contribution is 2.27. The van der Waals surface area contributed by atoms with E-state index in [1.807, 2.05) is 39.0 Å². The van der Waals surface area contributed by atoms with E-state index in [-0.39, 0.29) is 12.5 Å². The molecule has 2 aromatic rings. The summed E-state index contributed by atoms with van der Waals surface area (Å²) in [5.74, 6) is -0.140. The largest absolute Gasteiger partial charge is 0.483 e. The van der Waals surface area contributed by atoms with Crippen LogP contribution in [0.1, 0.15) is 27.0 Å². The van der Waals surface area contributed by atoms with Crippen LogP contribution in [0.3, 0.4) is 0 Å². The lowest BCUT2D eigenvalue weighted by Gasteiger charge is -2.13. The summed E-state index contributed by atoms with van der Waals surface area (Å²) in [6.07, 6.45) is 0. The van der Waals surface area contributed by atoms with Gasteiger partial charge in [0.05, 0.1) is 0 Å². The average Bonchev–Trinajstić information content (AvgIpc) is 2.51. The Balaban J connectivity index is 1.87. The fourth-order valence-corrected chi connectivity index (χ4v) is 2.97. The number of hydrogen-bond donors (Lipinski definition) is 2. The molecule has 0 bridgehead atoms. The molecule has 0 heterocycles. The Morgan fingerprint density at radius 3 is 2.33 bits per heavy atom. The summed E-state index contributed by atoms with van der Waals surface area (Å²) in [5, 5.41) is 0. The van der Waals surface area contributed by atoms with Crippen molar-refractivity contribution in [1.82, 2.24) is 10.9 Å². The maximum atomic E-state index is 11.9. The van der Waals surface area contributed by atoms with E-state index in [4.69, 9.17) is 4.74 Å². The third-order valence-electron chi connectivity index (χ3n) is 3.37. The molecule has 0 saturated heterocycles. The van der Waals surface area contributed by atoms with Crippen LogP contribution in [0.5, 0.6) is 5.75 Å². The van der Waals surface area contributed by atoms with E-state index >= 15 is 0 Å². The average molecular weight is 391 g/mol. The van der Waals surface area contributed by atoms with Crippen LogP contribution in [0.15, 0.2) is 40.9 Å². The number of carbonyl (C=O) groups excluding carboxylic acids is 2. The van der Waals surface area contributed by atoms with E-state index in [0.717, 1.165) is 21.2 Å². The van der Waals surface area contributed by atoms with Crippen molar-refractivity contribution in [3.8, 4) is 5.75 Å². The lowest BCUT2D eigenvalue weighted by Crippen LogP contribution is -2.43. The zero-order valence-corrected chi connectivity index (χ0v) is 15.4. The molecular formula is C18H19BrN2O3. The zero-order chi connectivity index (χ0) is 17.7.